The molecule has 2 rings (SSSR count). The normalized spacial score (nSPS) is 14.5. The summed E-state index contributed by atoms with van der Waals surface area (Å²) in [5, 5.41) is 6.06. The Morgan fingerprint density at radius 2 is 1.94 bits per heavy atom. The number of carbonyl (C=O) groups excluding carboxylic acids is 1. The van der Waals surface area contributed by atoms with Crippen molar-refractivity contribution in [2.45, 2.75) is 18.9 Å². The van der Waals surface area contributed by atoms with Gasteiger partial charge in [-0.2, -0.15) is 0 Å². The van der Waals surface area contributed by atoms with E-state index in [0.29, 0.717) is 12.6 Å². The Balaban J connectivity index is 1.82. The van der Waals surface area contributed by atoms with Crippen molar-refractivity contribution in [3.05, 3.63) is 24.3 Å². The zero-order valence-electron chi connectivity index (χ0n) is 10.4. The second-order valence-corrected chi connectivity index (χ2v) is 4.64. The van der Waals surface area contributed by atoms with Crippen molar-refractivity contribution >= 4 is 17.3 Å². The smallest absolute Gasteiger partial charge is 0.238 e. The summed E-state index contributed by atoms with van der Waals surface area (Å²) in [6, 6.07) is 8.39. The number of rotatable bonds is 5. The molecule has 17 heavy (non-hydrogen) atoms. The molecule has 0 spiro atoms. The molecule has 1 amide bonds. The van der Waals surface area contributed by atoms with Crippen molar-refractivity contribution in [3.63, 3.8) is 0 Å². The molecule has 4 heteroatoms. The fourth-order valence-corrected chi connectivity index (χ4v) is 1.57. The monoisotopic (exact) mass is 233 g/mol. The van der Waals surface area contributed by atoms with Crippen molar-refractivity contribution in [1.82, 2.24) is 5.32 Å². The van der Waals surface area contributed by atoms with Crippen LogP contribution >= 0.6 is 0 Å². The van der Waals surface area contributed by atoms with Gasteiger partial charge in [0.05, 0.1) is 6.54 Å². The molecule has 1 aromatic carbocycles. The van der Waals surface area contributed by atoms with Crippen LogP contribution in [0.2, 0.25) is 0 Å². The van der Waals surface area contributed by atoms with Crippen molar-refractivity contribution in [1.29, 1.82) is 0 Å². The Morgan fingerprint density at radius 1 is 1.29 bits per heavy atom. The highest BCUT2D eigenvalue weighted by Gasteiger charge is 2.20. The van der Waals surface area contributed by atoms with E-state index in [1.165, 1.54) is 12.8 Å². The zero-order chi connectivity index (χ0) is 12.3. The van der Waals surface area contributed by atoms with E-state index >= 15 is 0 Å². The second kappa shape index (κ2) is 5.19. The number of hydrogen-bond acceptors (Lipinski definition) is 3. The second-order valence-electron chi connectivity index (χ2n) is 4.64. The largest absolute Gasteiger partial charge is 0.378 e. The molecule has 1 aromatic rings. The first-order valence-corrected chi connectivity index (χ1v) is 5.96. The molecule has 2 N–H and O–H groups in total. The van der Waals surface area contributed by atoms with Gasteiger partial charge in [-0.1, -0.05) is 0 Å². The minimum atomic E-state index is 0.0227. The number of carbonyl (C=O) groups is 1. The topological polar surface area (TPSA) is 44.4 Å². The van der Waals surface area contributed by atoms with Gasteiger partial charge in [0.25, 0.3) is 0 Å². The summed E-state index contributed by atoms with van der Waals surface area (Å²) in [6.07, 6.45) is 2.40. The summed E-state index contributed by atoms with van der Waals surface area (Å²) in [4.78, 5) is 13.6. The zero-order valence-corrected chi connectivity index (χ0v) is 10.4. The number of amides is 1. The van der Waals surface area contributed by atoms with E-state index in [1.54, 1.807) is 0 Å². The Hall–Kier alpha value is -1.55. The molecule has 4 nitrogen and oxygen atoms in total. The quantitative estimate of drug-likeness (QED) is 0.809. The van der Waals surface area contributed by atoms with Gasteiger partial charge in [-0.05, 0) is 37.1 Å². The molecule has 0 aromatic heterocycles. The molecule has 0 aliphatic heterocycles. The van der Waals surface area contributed by atoms with Crippen molar-refractivity contribution in [3.8, 4) is 0 Å². The summed E-state index contributed by atoms with van der Waals surface area (Å²) >= 11 is 0. The van der Waals surface area contributed by atoms with E-state index in [9.17, 15) is 4.79 Å². The lowest BCUT2D eigenvalue weighted by Crippen LogP contribution is -2.29. The fourth-order valence-electron chi connectivity index (χ4n) is 1.57. The van der Waals surface area contributed by atoms with Crippen LogP contribution in [0, 0.1) is 0 Å². The van der Waals surface area contributed by atoms with Gasteiger partial charge in [-0.25, -0.2) is 0 Å². The average Bonchev–Trinajstić information content (AvgIpc) is 3.11. The van der Waals surface area contributed by atoms with Gasteiger partial charge >= 0.3 is 0 Å². The highest BCUT2D eigenvalue weighted by atomic mass is 16.1. The summed E-state index contributed by atoms with van der Waals surface area (Å²) < 4.78 is 0. The third-order valence-electron chi connectivity index (χ3n) is 2.80. The van der Waals surface area contributed by atoms with Crippen LogP contribution in [0.4, 0.5) is 11.4 Å². The minimum Gasteiger partial charge on any atom is -0.378 e. The van der Waals surface area contributed by atoms with Crippen LogP contribution in [0.5, 0.6) is 0 Å². The Labute approximate surface area is 102 Å². The third-order valence-corrected chi connectivity index (χ3v) is 2.80. The number of nitrogens with zero attached hydrogens (tertiary/aromatic N) is 1. The first-order chi connectivity index (χ1) is 8.15. The van der Waals surface area contributed by atoms with Crippen molar-refractivity contribution in [2.24, 2.45) is 0 Å². The Kier molecular flexibility index (Phi) is 3.64. The van der Waals surface area contributed by atoms with Gasteiger partial charge in [0.1, 0.15) is 0 Å². The highest BCUT2D eigenvalue weighted by molar-refractivity contribution is 5.92. The van der Waals surface area contributed by atoms with E-state index in [0.717, 1.165) is 11.4 Å². The molecule has 0 radical (unpaired) electrons. The van der Waals surface area contributed by atoms with E-state index in [1.807, 2.05) is 43.3 Å². The van der Waals surface area contributed by atoms with Crippen LogP contribution in [0.25, 0.3) is 0 Å². The van der Waals surface area contributed by atoms with E-state index in [2.05, 4.69) is 10.6 Å². The summed E-state index contributed by atoms with van der Waals surface area (Å²) in [5.41, 5.74) is 1.97. The molecule has 1 saturated carbocycles. The van der Waals surface area contributed by atoms with Crippen molar-refractivity contribution < 1.29 is 4.79 Å². The molecule has 1 aliphatic rings. The third kappa shape index (κ3) is 3.75. The molecule has 0 unspecified atom stereocenters. The predicted molar refractivity (Wildman–Crippen MR) is 70.4 cm³/mol. The average molecular weight is 233 g/mol. The fraction of sp³-hybridized carbons (Fsp3) is 0.462. The van der Waals surface area contributed by atoms with Crippen LogP contribution in [0.1, 0.15) is 12.8 Å². The highest BCUT2D eigenvalue weighted by Crippen LogP contribution is 2.18. The molecule has 0 heterocycles. The summed E-state index contributed by atoms with van der Waals surface area (Å²) in [6.45, 7) is 0.403. The number of hydrogen-bond donors (Lipinski definition) is 2. The molecule has 0 saturated heterocycles. The predicted octanol–water partition coefficient (Wildman–Crippen LogP) is 1.44. The van der Waals surface area contributed by atoms with Crippen LogP contribution in [0.3, 0.4) is 0 Å². The maximum Gasteiger partial charge on any atom is 0.238 e. The Bertz CT molecular complexity index is 382. The van der Waals surface area contributed by atoms with Crippen LogP contribution in [0.15, 0.2) is 24.3 Å². The maximum absolute atomic E-state index is 11.6. The molecule has 1 fully saturated rings. The van der Waals surface area contributed by atoms with Crippen LogP contribution in [-0.4, -0.2) is 32.6 Å². The number of benzene rings is 1. The van der Waals surface area contributed by atoms with Gasteiger partial charge in [0.2, 0.25) is 5.91 Å². The summed E-state index contributed by atoms with van der Waals surface area (Å²) in [7, 11) is 3.99. The Morgan fingerprint density at radius 3 is 2.47 bits per heavy atom. The molecule has 0 atom stereocenters. The number of nitrogens with one attached hydrogen (secondary N) is 2. The van der Waals surface area contributed by atoms with E-state index in [4.69, 9.17) is 0 Å². The molecule has 1 aliphatic carbocycles. The van der Waals surface area contributed by atoms with Gasteiger partial charge in [-0.3, -0.25) is 4.79 Å². The lowest BCUT2D eigenvalue weighted by atomic mass is 10.2. The van der Waals surface area contributed by atoms with E-state index < -0.39 is 0 Å². The van der Waals surface area contributed by atoms with Gasteiger partial charge in [0.15, 0.2) is 0 Å². The van der Waals surface area contributed by atoms with Crippen LogP contribution < -0.4 is 15.5 Å². The minimum absolute atomic E-state index is 0.0227. The van der Waals surface area contributed by atoms with Gasteiger partial charge < -0.3 is 15.5 Å². The molecule has 0 bridgehead atoms. The van der Waals surface area contributed by atoms with Gasteiger partial charge in [0, 0.05) is 31.5 Å². The van der Waals surface area contributed by atoms with Crippen LogP contribution in [-0.2, 0) is 4.79 Å². The molecular formula is C13H19N3O. The first kappa shape index (κ1) is 11.9. The van der Waals surface area contributed by atoms with E-state index in [-0.39, 0.29) is 5.91 Å². The standard InChI is InChI=1S/C13H19N3O/c1-16(2)12-7-5-11(6-8-12)15-13(17)9-14-10-3-4-10/h5-8,10,14H,3-4,9H2,1-2H3,(H,15,17). The van der Waals surface area contributed by atoms with Crippen molar-refractivity contribution in [2.75, 3.05) is 30.9 Å². The lowest BCUT2D eigenvalue weighted by Gasteiger charge is -2.13. The molecule has 92 valence electrons. The van der Waals surface area contributed by atoms with Gasteiger partial charge in [-0.15, -0.1) is 0 Å². The SMILES string of the molecule is CN(C)c1ccc(NC(=O)CNC2CC2)cc1. The summed E-state index contributed by atoms with van der Waals surface area (Å²) in [5.74, 6) is 0.0227. The lowest BCUT2D eigenvalue weighted by molar-refractivity contribution is -0.115. The number of anilines is 2. The first-order valence-electron chi connectivity index (χ1n) is 5.96. The maximum atomic E-state index is 11.6. The molecular weight excluding hydrogens is 214 g/mol.